The van der Waals surface area contributed by atoms with Gasteiger partial charge in [0.2, 0.25) is 0 Å². The molecule has 0 saturated carbocycles. The lowest BCUT2D eigenvalue weighted by atomic mass is 9.99. The zero-order chi connectivity index (χ0) is 13.9. The highest BCUT2D eigenvalue weighted by molar-refractivity contribution is 9.10. The number of rotatable bonds is 3. The number of benzene rings is 1. The zero-order valence-electron chi connectivity index (χ0n) is 10.7. The summed E-state index contributed by atoms with van der Waals surface area (Å²) in [5.74, 6) is 0. The first-order valence-corrected chi connectivity index (χ1v) is 7.15. The van der Waals surface area contributed by atoms with Gasteiger partial charge in [-0.25, -0.2) is 0 Å². The van der Waals surface area contributed by atoms with Crippen molar-refractivity contribution in [2.45, 2.75) is 12.5 Å². The molecule has 0 aliphatic rings. The van der Waals surface area contributed by atoms with Crippen molar-refractivity contribution >= 4 is 26.8 Å². The van der Waals surface area contributed by atoms with E-state index >= 15 is 0 Å². The third-order valence-electron chi connectivity index (χ3n) is 3.29. The molecule has 1 N–H and O–H groups in total. The fourth-order valence-electron chi connectivity index (χ4n) is 2.28. The Hall–Kier alpha value is -1.78. The minimum absolute atomic E-state index is 0.551. The van der Waals surface area contributed by atoms with Crippen LogP contribution in [0.5, 0.6) is 0 Å². The number of hydrogen-bond acceptors (Lipinski definition) is 3. The first-order valence-electron chi connectivity index (χ1n) is 6.36. The van der Waals surface area contributed by atoms with Crippen molar-refractivity contribution in [2.75, 3.05) is 0 Å². The molecule has 1 aromatic carbocycles. The molecular weight excluding hydrogens is 316 g/mol. The molecular formula is C16H13BrN2O. The molecule has 0 aliphatic carbocycles. The topological polar surface area (TPSA) is 46.0 Å². The minimum atomic E-state index is -0.581. The van der Waals surface area contributed by atoms with Gasteiger partial charge < -0.3 is 5.11 Å². The summed E-state index contributed by atoms with van der Waals surface area (Å²) in [6, 6.07) is 11.6. The van der Waals surface area contributed by atoms with E-state index in [1.807, 2.05) is 36.4 Å². The third kappa shape index (κ3) is 2.57. The predicted octanol–water partition coefficient (Wildman–Crippen LogP) is 3.67. The van der Waals surface area contributed by atoms with Gasteiger partial charge in [0, 0.05) is 40.4 Å². The summed E-state index contributed by atoms with van der Waals surface area (Å²) in [6.45, 7) is 0. The monoisotopic (exact) mass is 328 g/mol. The van der Waals surface area contributed by atoms with Crippen LogP contribution in [-0.4, -0.2) is 15.1 Å². The van der Waals surface area contributed by atoms with Crippen LogP contribution in [0.25, 0.3) is 10.9 Å². The summed E-state index contributed by atoms with van der Waals surface area (Å²) >= 11 is 3.52. The number of nitrogens with zero attached hydrogens (tertiary/aromatic N) is 2. The lowest BCUT2D eigenvalue weighted by molar-refractivity contribution is 0.180. The van der Waals surface area contributed by atoms with Gasteiger partial charge in [0.1, 0.15) is 0 Å². The van der Waals surface area contributed by atoms with Gasteiger partial charge in [-0.3, -0.25) is 9.97 Å². The van der Waals surface area contributed by atoms with Gasteiger partial charge in [0.05, 0.1) is 11.6 Å². The zero-order valence-corrected chi connectivity index (χ0v) is 12.3. The lowest BCUT2D eigenvalue weighted by Gasteiger charge is -2.14. The van der Waals surface area contributed by atoms with Crippen LogP contribution in [0.15, 0.2) is 59.5 Å². The van der Waals surface area contributed by atoms with Crippen molar-refractivity contribution < 1.29 is 5.11 Å². The van der Waals surface area contributed by atoms with Crippen molar-refractivity contribution in [2.24, 2.45) is 0 Å². The van der Waals surface area contributed by atoms with Crippen LogP contribution in [0.1, 0.15) is 17.2 Å². The van der Waals surface area contributed by atoms with Gasteiger partial charge >= 0.3 is 0 Å². The molecule has 4 heteroatoms. The van der Waals surface area contributed by atoms with Crippen molar-refractivity contribution in [3.63, 3.8) is 0 Å². The number of aliphatic hydroxyl groups is 1. The molecule has 3 nitrogen and oxygen atoms in total. The Morgan fingerprint density at radius 2 is 1.85 bits per heavy atom. The van der Waals surface area contributed by atoms with E-state index in [0.29, 0.717) is 6.42 Å². The van der Waals surface area contributed by atoms with E-state index in [0.717, 1.165) is 26.5 Å². The average Bonchev–Trinajstić information content (AvgIpc) is 2.49. The van der Waals surface area contributed by atoms with Crippen molar-refractivity contribution in [3.8, 4) is 0 Å². The Kier molecular flexibility index (Phi) is 3.76. The molecule has 1 atom stereocenters. The number of pyridine rings is 2. The molecule has 0 amide bonds. The van der Waals surface area contributed by atoms with E-state index in [9.17, 15) is 5.11 Å². The Labute approximate surface area is 125 Å². The van der Waals surface area contributed by atoms with Crippen LogP contribution in [0, 0.1) is 0 Å². The maximum Gasteiger partial charge on any atom is 0.0851 e. The van der Waals surface area contributed by atoms with Gasteiger partial charge in [-0.2, -0.15) is 0 Å². The summed E-state index contributed by atoms with van der Waals surface area (Å²) < 4.78 is 0.987. The molecule has 0 spiro atoms. The first-order chi connectivity index (χ1) is 9.75. The SMILES string of the molecule is OC(Cc1ccncc1)c1ccc(Br)c2cccnc12. The van der Waals surface area contributed by atoms with Gasteiger partial charge in [0.25, 0.3) is 0 Å². The first kappa shape index (κ1) is 13.2. The molecule has 0 bridgehead atoms. The van der Waals surface area contributed by atoms with Crippen molar-refractivity contribution in [3.05, 3.63) is 70.6 Å². The molecule has 100 valence electrons. The van der Waals surface area contributed by atoms with E-state index in [4.69, 9.17) is 0 Å². The summed E-state index contributed by atoms with van der Waals surface area (Å²) in [5.41, 5.74) is 2.74. The average molecular weight is 329 g/mol. The van der Waals surface area contributed by atoms with E-state index < -0.39 is 6.10 Å². The Morgan fingerprint density at radius 1 is 1.05 bits per heavy atom. The second kappa shape index (κ2) is 5.69. The highest BCUT2D eigenvalue weighted by atomic mass is 79.9. The predicted molar refractivity (Wildman–Crippen MR) is 82.3 cm³/mol. The van der Waals surface area contributed by atoms with Gasteiger partial charge in [-0.05, 0) is 29.8 Å². The smallest absolute Gasteiger partial charge is 0.0851 e. The fraction of sp³-hybridized carbons (Fsp3) is 0.125. The van der Waals surface area contributed by atoms with Crippen molar-refractivity contribution in [1.29, 1.82) is 0 Å². The summed E-state index contributed by atoms with van der Waals surface area (Å²) in [6.07, 6.45) is 5.19. The standard InChI is InChI=1S/C16H13BrN2O/c17-14-4-3-13(16-12(14)2-1-7-19-16)15(20)10-11-5-8-18-9-6-11/h1-9,15,20H,10H2. The van der Waals surface area contributed by atoms with E-state index in [1.54, 1.807) is 18.6 Å². The molecule has 0 saturated heterocycles. The van der Waals surface area contributed by atoms with Crippen LogP contribution in [0.2, 0.25) is 0 Å². The molecule has 3 aromatic rings. The van der Waals surface area contributed by atoms with Crippen LogP contribution >= 0.6 is 15.9 Å². The van der Waals surface area contributed by atoms with Gasteiger partial charge in [-0.15, -0.1) is 0 Å². The number of aromatic nitrogens is 2. The molecule has 1 unspecified atom stereocenters. The van der Waals surface area contributed by atoms with Crippen LogP contribution in [-0.2, 0) is 6.42 Å². The molecule has 2 heterocycles. The molecule has 0 aliphatic heterocycles. The van der Waals surface area contributed by atoms with E-state index in [1.165, 1.54) is 0 Å². The van der Waals surface area contributed by atoms with Crippen LogP contribution in [0.4, 0.5) is 0 Å². The normalized spacial score (nSPS) is 12.5. The Balaban J connectivity index is 2.00. The quantitative estimate of drug-likeness (QED) is 0.797. The molecule has 3 rings (SSSR count). The summed E-state index contributed by atoms with van der Waals surface area (Å²) in [7, 11) is 0. The second-order valence-electron chi connectivity index (χ2n) is 4.61. The van der Waals surface area contributed by atoms with E-state index in [2.05, 4.69) is 25.9 Å². The van der Waals surface area contributed by atoms with Gasteiger partial charge in [0.15, 0.2) is 0 Å². The highest BCUT2D eigenvalue weighted by Gasteiger charge is 2.14. The molecule has 2 aromatic heterocycles. The summed E-state index contributed by atoms with van der Waals surface area (Å²) in [4.78, 5) is 8.39. The molecule has 0 fully saturated rings. The number of halogens is 1. The molecule has 0 radical (unpaired) electrons. The largest absolute Gasteiger partial charge is 0.388 e. The number of fused-ring (bicyclic) bond motifs is 1. The van der Waals surface area contributed by atoms with Crippen LogP contribution < -0.4 is 0 Å². The third-order valence-corrected chi connectivity index (χ3v) is 3.98. The summed E-state index contributed by atoms with van der Waals surface area (Å²) in [5, 5.41) is 11.5. The Morgan fingerprint density at radius 3 is 2.65 bits per heavy atom. The lowest BCUT2D eigenvalue weighted by Crippen LogP contribution is -2.03. The van der Waals surface area contributed by atoms with Crippen LogP contribution in [0.3, 0.4) is 0 Å². The maximum atomic E-state index is 10.5. The number of aliphatic hydroxyl groups excluding tert-OH is 1. The number of hydrogen-bond donors (Lipinski definition) is 1. The maximum absolute atomic E-state index is 10.5. The van der Waals surface area contributed by atoms with E-state index in [-0.39, 0.29) is 0 Å². The van der Waals surface area contributed by atoms with Crippen molar-refractivity contribution in [1.82, 2.24) is 9.97 Å². The minimum Gasteiger partial charge on any atom is -0.388 e. The highest BCUT2D eigenvalue weighted by Crippen LogP contribution is 2.30. The van der Waals surface area contributed by atoms with Gasteiger partial charge in [-0.1, -0.05) is 28.1 Å². The fourth-order valence-corrected chi connectivity index (χ4v) is 2.73. The molecule has 20 heavy (non-hydrogen) atoms. The Bertz CT molecular complexity index is 731. The second-order valence-corrected chi connectivity index (χ2v) is 5.47.